The highest BCUT2D eigenvalue weighted by Gasteiger charge is 2.10. The minimum Gasteiger partial charge on any atom is -0.344 e. The zero-order valence-electron chi connectivity index (χ0n) is 11.1. The van der Waals surface area contributed by atoms with E-state index in [0.29, 0.717) is 18.1 Å². The van der Waals surface area contributed by atoms with Crippen LogP contribution in [0.25, 0.3) is 0 Å². The van der Waals surface area contributed by atoms with Crippen LogP contribution in [0.5, 0.6) is 0 Å². The van der Waals surface area contributed by atoms with Crippen molar-refractivity contribution in [3.05, 3.63) is 16.7 Å². The van der Waals surface area contributed by atoms with Crippen LogP contribution in [0.3, 0.4) is 0 Å². The minimum absolute atomic E-state index is 0.216. The standard InChI is InChI=1S/C13H21ClN4/c1-3-5-6-12-17-11(13(14)18-12)9-16-10(4-2)7-8-15/h10,16H,3-7,9H2,1-2H3,(H,17,18). The summed E-state index contributed by atoms with van der Waals surface area (Å²) in [5.41, 5.74) is 0.916. The predicted octanol–water partition coefficient (Wildman–Crippen LogP) is 3.19. The van der Waals surface area contributed by atoms with E-state index in [0.717, 1.165) is 37.2 Å². The van der Waals surface area contributed by atoms with E-state index >= 15 is 0 Å². The Morgan fingerprint density at radius 2 is 2.28 bits per heavy atom. The summed E-state index contributed by atoms with van der Waals surface area (Å²) in [4.78, 5) is 7.55. The molecule has 1 atom stereocenters. The molecule has 0 spiro atoms. The van der Waals surface area contributed by atoms with Crippen molar-refractivity contribution in [2.24, 2.45) is 0 Å². The summed E-state index contributed by atoms with van der Waals surface area (Å²) < 4.78 is 0. The Labute approximate surface area is 114 Å². The van der Waals surface area contributed by atoms with E-state index in [9.17, 15) is 0 Å². The Bertz CT molecular complexity index is 394. The van der Waals surface area contributed by atoms with Crippen molar-refractivity contribution in [3.63, 3.8) is 0 Å². The number of aromatic nitrogens is 2. The number of hydrogen-bond acceptors (Lipinski definition) is 3. The van der Waals surface area contributed by atoms with Gasteiger partial charge in [-0.2, -0.15) is 5.26 Å². The molecule has 0 bridgehead atoms. The summed E-state index contributed by atoms with van der Waals surface area (Å²) in [6, 6.07) is 2.40. The maximum Gasteiger partial charge on any atom is 0.151 e. The van der Waals surface area contributed by atoms with Gasteiger partial charge in [0.25, 0.3) is 0 Å². The van der Waals surface area contributed by atoms with E-state index < -0.39 is 0 Å². The molecule has 0 saturated heterocycles. The van der Waals surface area contributed by atoms with Gasteiger partial charge in [0.1, 0.15) is 5.82 Å². The Morgan fingerprint density at radius 1 is 1.50 bits per heavy atom. The van der Waals surface area contributed by atoms with Crippen molar-refractivity contribution >= 4 is 11.6 Å². The van der Waals surface area contributed by atoms with Gasteiger partial charge in [0, 0.05) is 19.0 Å². The number of nitriles is 1. The fourth-order valence-corrected chi connectivity index (χ4v) is 1.95. The number of H-pyrrole nitrogens is 1. The van der Waals surface area contributed by atoms with Gasteiger partial charge in [-0.25, -0.2) is 4.98 Å². The lowest BCUT2D eigenvalue weighted by Gasteiger charge is -2.12. The van der Waals surface area contributed by atoms with E-state index in [1.165, 1.54) is 0 Å². The van der Waals surface area contributed by atoms with E-state index in [-0.39, 0.29) is 6.04 Å². The van der Waals surface area contributed by atoms with Crippen LogP contribution in [0.15, 0.2) is 0 Å². The quantitative estimate of drug-likeness (QED) is 0.761. The van der Waals surface area contributed by atoms with Crippen LogP contribution in [0.1, 0.15) is 51.0 Å². The summed E-state index contributed by atoms with van der Waals surface area (Å²) in [5, 5.41) is 12.5. The molecule has 0 aliphatic rings. The van der Waals surface area contributed by atoms with Gasteiger partial charge in [-0.1, -0.05) is 31.9 Å². The van der Waals surface area contributed by atoms with Gasteiger partial charge >= 0.3 is 0 Å². The molecule has 0 aliphatic carbocycles. The molecular weight excluding hydrogens is 248 g/mol. The number of halogens is 1. The average molecular weight is 269 g/mol. The number of aromatic amines is 1. The fraction of sp³-hybridized carbons (Fsp3) is 0.692. The fourth-order valence-electron chi connectivity index (χ4n) is 1.74. The lowest BCUT2D eigenvalue weighted by atomic mass is 10.1. The van der Waals surface area contributed by atoms with Gasteiger partial charge in [-0.15, -0.1) is 0 Å². The molecule has 1 unspecified atom stereocenters. The highest BCUT2D eigenvalue weighted by molar-refractivity contribution is 6.30. The topological polar surface area (TPSA) is 64.5 Å². The van der Waals surface area contributed by atoms with Crippen LogP contribution >= 0.6 is 11.6 Å². The number of aryl methyl sites for hydroxylation is 1. The van der Waals surface area contributed by atoms with Gasteiger partial charge in [0.05, 0.1) is 18.2 Å². The van der Waals surface area contributed by atoms with Crippen LogP contribution in [-0.2, 0) is 13.0 Å². The van der Waals surface area contributed by atoms with Crippen LogP contribution in [0, 0.1) is 11.3 Å². The average Bonchev–Trinajstić information content (AvgIpc) is 2.72. The molecule has 5 heteroatoms. The largest absolute Gasteiger partial charge is 0.344 e. The molecule has 1 rings (SSSR count). The Balaban J connectivity index is 2.51. The summed E-state index contributed by atoms with van der Waals surface area (Å²) >= 11 is 6.08. The normalized spacial score (nSPS) is 12.3. The van der Waals surface area contributed by atoms with Gasteiger partial charge in [-0.3, -0.25) is 0 Å². The third-order valence-electron chi connectivity index (χ3n) is 2.94. The number of hydrogen-bond donors (Lipinski definition) is 2. The highest BCUT2D eigenvalue weighted by atomic mass is 35.5. The summed E-state index contributed by atoms with van der Waals surface area (Å²) in [7, 11) is 0. The second-order valence-corrected chi connectivity index (χ2v) is 4.76. The molecule has 2 N–H and O–H groups in total. The lowest BCUT2D eigenvalue weighted by molar-refractivity contribution is 0.501. The van der Waals surface area contributed by atoms with Gasteiger partial charge in [0.15, 0.2) is 5.15 Å². The lowest BCUT2D eigenvalue weighted by Crippen LogP contribution is -2.27. The van der Waals surface area contributed by atoms with Crippen LogP contribution in [0.4, 0.5) is 0 Å². The molecule has 0 radical (unpaired) electrons. The minimum atomic E-state index is 0.216. The monoisotopic (exact) mass is 268 g/mol. The molecule has 4 nitrogen and oxygen atoms in total. The highest BCUT2D eigenvalue weighted by Crippen LogP contribution is 2.14. The van der Waals surface area contributed by atoms with Crippen LogP contribution < -0.4 is 5.32 Å². The first-order valence-electron chi connectivity index (χ1n) is 6.54. The molecule has 0 aromatic carbocycles. The first kappa shape index (κ1) is 15.0. The van der Waals surface area contributed by atoms with Crippen LogP contribution in [-0.4, -0.2) is 16.0 Å². The molecule has 0 amide bonds. The maximum atomic E-state index is 8.68. The number of rotatable bonds is 8. The molecule has 18 heavy (non-hydrogen) atoms. The van der Waals surface area contributed by atoms with Crippen LogP contribution in [0.2, 0.25) is 5.15 Å². The molecule has 0 saturated carbocycles. The zero-order chi connectivity index (χ0) is 13.4. The summed E-state index contributed by atoms with van der Waals surface area (Å²) in [5.74, 6) is 0.951. The maximum absolute atomic E-state index is 8.68. The van der Waals surface area contributed by atoms with E-state index in [2.05, 4.69) is 35.2 Å². The van der Waals surface area contributed by atoms with E-state index in [1.54, 1.807) is 0 Å². The number of nitrogens with one attached hydrogen (secondary N) is 2. The molecule has 0 aliphatic heterocycles. The third-order valence-corrected chi connectivity index (χ3v) is 3.26. The number of nitrogens with zero attached hydrogens (tertiary/aromatic N) is 2. The van der Waals surface area contributed by atoms with Gasteiger partial charge < -0.3 is 10.3 Å². The summed E-state index contributed by atoms with van der Waals surface area (Å²) in [6.45, 7) is 4.86. The van der Waals surface area contributed by atoms with E-state index in [1.807, 2.05) is 0 Å². The molecule has 1 aromatic rings. The van der Waals surface area contributed by atoms with Crippen molar-refractivity contribution < 1.29 is 0 Å². The smallest absolute Gasteiger partial charge is 0.151 e. The first-order chi connectivity index (χ1) is 8.71. The molecule has 100 valence electrons. The van der Waals surface area contributed by atoms with Crippen molar-refractivity contribution in [1.82, 2.24) is 15.3 Å². The second kappa shape index (κ2) is 8.12. The Hall–Kier alpha value is -1.05. The van der Waals surface area contributed by atoms with Crippen molar-refractivity contribution in [1.29, 1.82) is 5.26 Å². The van der Waals surface area contributed by atoms with Crippen molar-refractivity contribution in [2.45, 2.75) is 58.5 Å². The number of imidazole rings is 1. The molecule has 1 heterocycles. The molecule has 0 fully saturated rings. The van der Waals surface area contributed by atoms with E-state index in [4.69, 9.17) is 16.9 Å². The molecular formula is C13H21ClN4. The number of unbranched alkanes of at least 4 members (excludes halogenated alkanes) is 1. The van der Waals surface area contributed by atoms with Gasteiger partial charge in [0.2, 0.25) is 0 Å². The second-order valence-electron chi connectivity index (χ2n) is 4.40. The van der Waals surface area contributed by atoms with Crippen molar-refractivity contribution in [2.75, 3.05) is 0 Å². The van der Waals surface area contributed by atoms with Gasteiger partial charge in [-0.05, 0) is 12.8 Å². The van der Waals surface area contributed by atoms with Crippen molar-refractivity contribution in [3.8, 4) is 6.07 Å². The Kier molecular flexibility index (Phi) is 6.77. The molecule has 1 aromatic heterocycles. The SMILES string of the molecule is CCCCc1nc(Cl)c(CNC(CC)CC#N)[nH]1. The third kappa shape index (κ3) is 4.67. The Morgan fingerprint density at radius 3 is 2.89 bits per heavy atom. The predicted molar refractivity (Wildman–Crippen MR) is 73.4 cm³/mol. The zero-order valence-corrected chi connectivity index (χ0v) is 11.8. The summed E-state index contributed by atoms with van der Waals surface area (Å²) in [6.07, 6.45) is 4.65. The first-order valence-corrected chi connectivity index (χ1v) is 6.92.